The molecular weight excluding hydrogens is 304 g/mol. The molecule has 0 aliphatic heterocycles. The van der Waals surface area contributed by atoms with Crippen LogP contribution in [0.5, 0.6) is 0 Å². The van der Waals surface area contributed by atoms with Crippen LogP contribution < -0.4 is 11.1 Å². The number of aromatic nitrogens is 2. The Morgan fingerprint density at radius 1 is 1.25 bits per heavy atom. The Labute approximate surface area is 139 Å². The zero-order chi connectivity index (χ0) is 17.3. The molecule has 0 aliphatic rings. The number of anilines is 1. The van der Waals surface area contributed by atoms with E-state index in [9.17, 15) is 9.59 Å². The molecule has 0 unspecified atom stereocenters. The summed E-state index contributed by atoms with van der Waals surface area (Å²) in [4.78, 5) is 28.2. The van der Waals surface area contributed by atoms with Crippen LogP contribution in [0.1, 0.15) is 28.7 Å². The number of nitrogen functional groups attached to an aromatic ring is 1. The molecule has 24 heavy (non-hydrogen) atoms. The number of amides is 1. The molecular formula is C18H18N4O2. The summed E-state index contributed by atoms with van der Waals surface area (Å²) in [5, 5.41) is 3.60. The van der Waals surface area contributed by atoms with Gasteiger partial charge in [-0.2, -0.15) is 0 Å². The number of pyridine rings is 1. The van der Waals surface area contributed by atoms with Crippen molar-refractivity contribution >= 4 is 28.4 Å². The van der Waals surface area contributed by atoms with Crippen LogP contribution in [0.2, 0.25) is 0 Å². The largest absolute Gasteiger partial charge is 0.397 e. The highest BCUT2D eigenvalue weighted by atomic mass is 16.2. The molecule has 1 amide bonds. The molecule has 6 heteroatoms. The summed E-state index contributed by atoms with van der Waals surface area (Å²) in [6, 6.07) is 10.8. The standard InChI is InChI=1S/C18H18N4O2/c1-11-8-13-4-3-5-16(19)17(13)22(11)18(24)14-6-7-20-15(9-14)10-21-12(2)23/h3-9H,10,19H2,1-2H3,(H,21,23). The molecule has 2 aromatic heterocycles. The van der Waals surface area contributed by atoms with Crippen LogP contribution in [0.4, 0.5) is 5.69 Å². The molecule has 0 radical (unpaired) electrons. The number of fused-ring (bicyclic) bond motifs is 1. The number of hydrogen-bond acceptors (Lipinski definition) is 4. The van der Waals surface area contributed by atoms with Gasteiger partial charge < -0.3 is 11.1 Å². The van der Waals surface area contributed by atoms with Gasteiger partial charge in [0.2, 0.25) is 5.91 Å². The Hall–Kier alpha value is -3.15. The van der Waals surface area contributed by atoms with Gasteiger partial charge in [0.25, 0.3) is 5.91 Å². The first-order chi connectivity index (χ1) is 11.5. The molecule has 122 valence electrons. The first kappa shape index (κ1) is 15.7. The predicted octanol–water partition coefficient (Wildman–Crippen LogP) is 2.25. The second-order valence-electron chi connectivity index (χ2n) is 5.66. The van der Waals surface area contributed by atoms with E-state index in [4.69, 9.17) is 5.73 Å². The first-order valence-corrected chi connectivity index (χ1v) is 7.58. The van der Waals surface area contributed by atoms with E-state index in [0.717, 1.165) is 11.1 Å². The number of rotatable bonds is 3. The molecule has 0 aliphatic carbocycles. The van der Waals surface area contributed by atoms with Crippen molar-refractivity contribution in [1.82, 2.24) is 14.9 Å². The van der Waals surface area contributed by atoms with Crippen molar-refractivity contribution in [2.75, 3.05) is 5.73 Å². The number of nitrogens with zero attached hydrogens (tertiary/aromatic N) is 2. The summed E-state index contributed by atoms with van der Waals surface area (Å²) in [6.07, 6.45) is 1.56. The van der Waals surface area contributed by atoms with Crippen LogP contribution in [0, 0.1) is 6.92 Å². The van der Waals surface area contributed by atoms with Gasteiger partial charge in [-0.25, -0.2) is 0 Å². The number of para-hydroxylation sites is 1. The maximum absolute atomic E-state index is 13.0. The molecule has 0 saturated heterocycles. The lowest BCUT2D eigenvalue weighted by Gasteiger charge is -2.10. The van der Waals surface area contributed by atoms with Crippen molar-refractivity contribution in [2.24, 2.45) is 0 Å². The van der Waals surface area contributed by atoms with E-state index >= 15 is 0 Å². The highest BCUT2D eigenvalue weighted by Gasteiger charge is 2.17. The molecule has 0 atom stereocenters. The Balaban J connectivity index is 2.02. The summed E-state index contributed by atoms with van der Waals surface area (Å²) in [5.41, 5.74) is 9.26. The molecule has 1 aromatic carbocycles. The zero-order valence-electron chi connectivity index (χ0n) is 13.5. The topological polar surface area (TPSA) is 90.0 Å². The van der Waals surface area contributed by atoms with Crippen molar-refractivity contribution in [3.63, 3.8) is 0 Å². The lowest BCUT2D eigenvalue weighted by atomic mass is 10.2. The molecule has 0 spiro atoms. The summed E-state index contributed by atoms with van der Waals surface area (Å²) in [5.74, 6) is -0.319. The minimum atomic E-state index is -0.174. The fraction of sp³-hybridized carbons (Fsp3) is 0.167. The molecule has 3 rings (SSSR count). The van der Waals surface area contributed by atoms with Crippen molar-refractivity contribution in [3.05, 3.63) is 59.5 Å². The highest BCUT2D eigenvalue weighted by Crippen LogP contribution is 2.26. The third-order valence-corrected chi connectivity index (χ3v) is 3.82. The lowest BCUT2D eigenvalue weighted by molar-refractivity contribution is -0.119. The van der Waals surface area contributed by atoms with Gasteiger partial charge in [0, 0.05) is 29.8 Å². The molecule has 0 bridgehead atoms. The number of aryl methyl sites for hydroxylation is 1. The third-order valence-electron chi connectivity index (χ3n) is 3.82. The van der Waals surface area contributed by atoms with Gasteiger partial charge in [-0.05, 0) is 31.2 Å². The van der Waals surface area contributed by atoms with E-state index in [0.29, 0.717) is 22.5 Å². The zero-order valence-corrected chi connectivity index (χ0v) is 13.5. The molecule has 6 nitrogen and oxygen atoms in total. The van der Waals surface area contributed by atoms with Crippen LogP contribution in [0.25, 0.3) is 10.9 Å². The van der Waals surface area contributed by atoms with Gasteiger partial charge in [-0.3, -0.25) is 19.1 Å². The maximum Gasteiger partial charge on any atom is 0.262 e. The fourth-order valence-corrected chi connectivity index (χ4v) is 2.73. The lowest BCUT2D eigenvalue weighted by Crippen LogP contribution is -2.20. The van der Waals surface area contributed by atoms with Gasteiger partial charge in [0.1, 0.15) is 0 Å². The van der Waals surface area contributed by atoms with E-state index in [-0.39, 0.29) is 18.4 Å². The number of hydrogen-bond donors (Lipinski definition) is 2. The number of nitrogens with one attached hydrogen (secondary N) is 1. The number of carbonyl (C=O) groups excluding carboxylic acids is 2. The average Bonchev–Trinajstić information content (AvgIpc) is 2.90. The van der Waals surface area contributed by atoms with Crippen molar-refractivity contribution in [3.8, 4) is 0 Å². The number of nitrogens with two attached hydrogens (primary N) is 1. The Morgan fingerprint density at radius 2 is 2.04 bits per heavy atom. The Bertz CT molecular complexity index is 943. The second kappa shape index (κ2) is 6.16. The van der Waals surface area contributed by atoms with Crippen molar-refractivity contribution in [1.29, 1.82) is 0 Å². The smallest absolute Gasteiger partial charge is 0.262 e. The first-order valence-electron chi connectivity index (χ1n) is 7.58. The maximum atomic E-state index is 13.0. The van der Waals surface area contributed by atoms with Gasteiger partial charge >= 0.3 is 0 Å². The van der Waals surface area contributed by atoms with Crippen LogP contribution in [-0.2, 0) is 11.3 Å². The summed E-state index contributed by atoms with van der Waals surface area (Å²) in [7, 11) is 0. The van der Waals surface area contributed by atoms with Crippen molar-refractivity contribution < 1.29 is 9.59 Å². The van der Waals surface area contributed by atoms with Crippen LogP contribution in [0.15, 0.2) is 42.6 Å². The highest BCUT2D eigenvalue weighted by molar-refractivity contribution is 6.06. The van der Waals surface area contributed by atoms with Crippen molar-refractivity contribution in [2.45, 2.75) is 20.4 Å². The minimum absolute atomic E-state index is 0.145. The van der Waals surface area contributed by atoms with E-state index in [1.165, 1.54) is 6.92 Å². The Morgan fingerprint density at radius 3 is 2.79 bits per heavy atom. The molecule has 3 N–H and O–H groups in total. The molecule has 0 saturated carbocycles. The average molecular weight is 322 g/mol. The van der Waals surface area contributed by atoms with Gasteiger partial charge in [-0.1, -0.05) is 12.1 Å². The Kier molecular flexibility index (Phi) is 4.04. The van der Waals surface area contributed by atoms with Gasteiger partial charge in [-0.15, -0.1) is 0 Å². The second-order valence-corrected chi connectivity index (χ2v) is 5.66. The fourth-order valence-electron chi connectivity index (χ4n) is 2.73. The molecule has 0 fully saturated rings. The predicted molar refractivity (Wildman–Crippen MR) is 92.6 cm³/mol. The molecule has 2 heterocycles. The normalized spacial score (nSPS) is 10.8. The monoisotopic (exact) mass is 322 g/mol. The van der Waals surface area contributed by atoms with E-state index < -0.39 is 0 Å². The third kappa shape index (κ3) is 2.86. The van der Waals surface area contributed by atoms with Crippen LogP contribution in [0.3, 0.4) is 0 Å². The van der Waals surface area contributed by atoms with Gasteiger partial charge in [0.15, 0.2) is 0 Å². The summed E-state index contributed by atoms with van der Waals surface area (Å²) < 4.78 is 1.61. The van der Waals surface area contributed by atoms with Crippen LogP contribution in [-0.4, -0.2) is 21.4 Å². The number of benzene rings is 1. The van der Waals surface area contributed by atoms with Gasteiger partial charge in [0.05, 0.1) is 23.4 Å². The summed E-state index contributed by atoms with van der Waals surface area (Å²) in [6.45, 7) is 3.59. The molecule has 3 aromatic rings. The van der Waals surface area contributed by atoms with E-state index in [2.05, 4.69) is 10.3 Å². The van der Waals surface area contributed by atoms with E-state index in [1.54, 1.807) is 29.0 Å². The number of carbonyl (C=O) groups is 2. The SMILES string of the molecule is CC(=O)NCc1cc(C(=O)n2c(C)cc3cccc(N)c32)ccn1. The quantitative estimate of drug-likeness (QED) is 0.724. The van der Waals surface area contributed by atoms with Crippen LogP contribution >= 0.6 is 0 Å². The summed E-state index contributed by atoms with van der Waals surface area (Å²) >= 11 is 0. The minimum Gasteiger partial charge on any atom is -0.397 e. The van der Waals surface area contributed by atoms with E-state index in [1.807, 2.05) is 25.1 Å².